The Morgan fingerprint density at radius 2 is 2.25 bits per heavy atom. The van der Waals surface area contributed by atoms with Crippen molar-refractivity contribution in [3.8, 4) is 0 Å². The molecule has 0 amide bonds. The molecule has 2 N–H and O–H groups in total. The molecule has 4 heteroatoms. The second-order valence-electron chi connectivity index (χ2n) is 5.38. The molecule has 0 saturated carbocycles. The zero-order chi connectivity index (χ0) is 14.1. The Morgan fingerprint density at radius 3 is 3.10 bits per heavy atom. The van der Waals surface area contributed by atoms with Crippen molar-refractivity contribution in [2.45, 2.75) is 37.6 Å². The van der Waals surface area contributed by atoms with Crippen LogP contribution in [0.3, 0.4) is 0 Å². The van der Waals surface area contributed by atoms with Crippen molar-refractivity contribution >= 4 is 22.9 Å². The molecule has 1 aliphatic carbocycles. The van der Waals surface area contributed by atoms with Gasteiger partial charge in [0.1, 0.15) is 5.82 Å². The van der Waals surface area contributed by atoms with Crippen LogP contribution in [0.1, 0.15) is 34.8 Å². The van der Waals surface area contributed by atoms with Crippen LogP contribution in [0.5, 0.6) is 0 Å². The number of thiophene rings is 1. The van der Waals surface area contributed by atoms with Gasteiger partial charge in [-0.2, -0.15) is 0 Å². The summed E-state index contributed by atoms with van der Waals surface area (Å²) in [4.78, 5) is 1.46. The van der Waals surface area contributed by atoms with Gasteiger partial charge in [0.05, 0.1) is 5.02 Å². The average molecular weight is 310 g/mol. The molecule has 0 saturated heterocycles. The third-order valence-electron chi connectivity index (χ3n) is 4.10. The first kappa shape index (κ1) is 14.1. The highest BCUT2D eigenvalue weighted by atomic mass is 35.5. The van der Waals surface area contributed by atoms with Crippen molar-refractivity contribution in [1.29, 1.82) is 0 Å². The molecule has 0 spiro atoms. The molecule has 1 aromatic heterocycles. The second kappa shape index (κ2) is 5.84. The van der Waals surface area contributed by atoms with Gasteiger partial charge >= 0.3 is 0 Å². The lowest BCUT2D eigenvalue weighted by atomic mass is 9.81. The molecule has 0 bridgehead atoms. The van der Waals surface area contributed by atoms with Crippen LogP contribution in [0.15, 0.2) is 29.6 Å². The lowest BCUT2D eigenvalue weighted by Crippen LogP contribution is -2.32. The minimum absolute atomic E-state index is 0.0112. The number of rotatable bonds is 3. The number of fused-ring (bicyclic) bond motifs is 1. The minimum Gasteiger partial charge on any atom is -0.327 e. The average Bonchev–Trinajstić information content (AvgIpc) is 2.92. The summed E-state index contributed by atoms with van der Waals surface area (Å²) in [7, 11) is 0. The summed E-state index contributed by atoms with van der Waals surface area (Å²) >= 11 is 7.84. The molecule has 1 aromatic carbocycles. The number of hydrogen-bond donors (Lipinski definition) is 1. The van der Waals surface area contributed by atoms with Crippen molar-refractivity contribution in [3.05, 3.63) is 56.5 Å². The molecule has 20 heavy (non-hydrogen) atoms. The Labute approximate surface area is 127 Å². The van der Waals surface area contributed by atoms with Gasteiger partial charge in [0.2, 0.25) is 0 Å². The number of hydrogen-bond acceptors (Lipinski definition) is 2. The van der Waals surface area contributed by atoms with Crippen molar-refractivity contribution in [3.63, 3.8) is 0 Å². The summed E-state index contributed by atoms with van der Waals surface area (Å²) in [6.07, 6.45) is 4.08. The number of nitrogens with two attached hydrogens (primary N) is 1. The van der Waals surface area contributed by atoms with Gasteiger partial charge in [0.25, 0.3) is 0 Å². The molecule has 1 aliphatic rings. The highest BCUT2D eigenvalue weighted by molar-refractivity contribution is 7.10. The summed E-state index contributed by atoms with van der Waals surface area (Å²) < 4.78 is 13.5. The molecule has 3 rings (SSSR count). The van der Waals surface area contributed by atoms with E-state index in [1.165, 1.54) is 22.9 Å². The van der Waals surface area contributed by atoms with E-state index in [4.69, 9.17) is 17.3 Å². The van der Waals surface area contributed by atoms with Crippen LogP contribution in [0.25, 0.3) is 0 Å². The van der Waals surface area contributed by atoms with Crippen LogP contribution < -0.4 is 5.73 Å². The maximum Gasteiger partial charge on any atom is 0.142 e. The Balaban J connectivity index is 1.81. The van der Waals surface area contributed by atoms with Crippen molar-refractivity contribution in [2.24, 2.45) is 5.73 Å². The summed E-state index contributed by atoms with van der Waals surface area (Å²) in [5, 5.41) is 2.36. The third-order valence-corrected chi connectivity index (χ3v) is 5.52. The van der Waals surface area contributed by atoms with Crippen LogP contribution in [0.4, 0.5) is 4.39 Å². The molecule has 0 fully saturated rings. The van der Waals surface area contributed by atoms with Gasteiger partial charge in [-0.05, 0) is 54.3 Å². The summed E-state index contributed by atoms with van der Waals surface area (Å²) in [6, 6.07) is 7.12. The van der Waals surface area contributed by atoms with Crippen molar-refractivity contribution < 1.29 is 4.39 Å². The highest BCUT2D eigenvalue weighted by Gasteiger charge is 2.27. The first-order chi connectivity index (χ1) is 9.66. The van der Waals surface area contributed by atoms with Crippen LogP contribution in [-0.2, 0) is 12.8 Å². The van der Waals surface area contributed by atoms with E-state index in [-0.39, 0.29) is 16.9 Å². The molecule has 0 radical (unpaired) electrons. The molecule has 1 nitrogen and oxygen atoms in total. The fraction of sp³-hybridized carbons (Fsp3) is 0.375. The van der Waals surface area contributed by atoms with E-state index in [0.717, 1.165) is 18.4 Å². The fourth-order valence-corrected chi connectivity index (χ4v) is 4.27. The normalized spacial score (nSPS) is 19.6. The SMILES string of the molecule is NC(Cc1cccc(F)c1Cl)C1CCCc2sccc21. The van der Waals surface area contributed by atoms with Crippen molar-refractivity contribution in [1.82, 2.24) is 0 Å². The predicted molar refractivity (Wildman–Crippen MR) is 83.1 cm³/mol. The van der Waals surface area contributed by atoms with Crippen molar-refractivity contribution in [2.75, 3.05) is 0 Å². The molecular weight excluding hydrogens is 293 g/mol. The molecule has 0 aliphatic heterocycles. The predicted octanol–water partition coefficient (Wildman–Crippen LogP) is 4.53. The summed E-state index contributed by atoms with van der Waals surface area (Å²) in [5.74, 6) is 0.000525. The first-order valence-electron chi connectivity index (χ1n) is 6.91. The Hall–Kier alpha value is -0.900. The highest BCUT2D eigenvalue weighted by Crippen LogP contribution is 2.37. The van der Waals surface area contributed by atoms with Crippen LogP contribution in [0.2, 0.25) is 5.02 Å². The lowest BCUT2D eigenvalue weighted by molar-refractivity contribution is 0.463. The third kappa shape index (κ3) is 2.62. The molecule has 1 heterocycles. The van der Waals surface area contributed by atoms with Gasteiger partial charge in [-0.1, -0.05) is 23.7 Å². The quantitative estimate of drug-likeness (QED) is 0.885. The van der Waals surface area contributed by atoms with E-state index in [1.54, 1.807) is 6.07 Å². The van der Waals surface area contributed by atoms with E-state index >= 15 is 0 Å². The van der Waals surface area contributed by atoms with Gasteiger partial charge < -0.3 is 5.73 Å². The molecular formula is C16H17ClFNS. The monoisotopic (exact) mass is 309 g/mol. The second-order valence-corrected chi connectivity index (χ2v) is 6.76. The Kier molecular flexibility index (Phi) is 4.11. The van der Waals surface area contributed by atoms with Gasteiger partial charge in [-0.15, -0.1) is 11.3 Å². The number of aryl methyl sites for hydroxylation is 1. The van der Waals surface area contributed by atoms with E-state index in [2.05, 4.69) is 11.4 Å². The zero-order valence-corrected chi connectivity index (χ0v) is 12.7. The maximum absolute atomic E-state index is 13.5. The lowest BCUT2D eigenvalue weighted by Gasteiger charge is -2.28. The number of halogens is 2. The zero-order valence-electron chi connectivity index (χ0n) is 11.1. The largest absolute Gasteiger partial charge is 0.327 e. The van der Waals surface area contributed by atoms with E-state index < -0.39 is 0 Å². The maximum atomic E-state index is 13.5. The molecule has 2 aromatic rings. The molecule has 2 atom stereocenters. The fourth-order valence-electron chi connectivity index (χ4n) is 3.07. The molecule has 106 valence electrons. The van der Waals surface area contributed by atoms with E-state index in [1.807, 2.05) is 17.4 Å². The smallest absolute Gasteiger partial charge is 0.142 e. The first-order valence-corrected chi connectivity index (χ1v) is 8.17. The number of benzene rings is 1. The van der Waals surface area contributed by atoms with E-state index in [9.17, 15) is 4.39 Å². The Bertz CT molecular complexity index is 610. The molecule has 2 unspecified atom stereocenters. The summed E-state index contributed by atoms with van der Waals surface area (Å²) in [5.41, 5.74) is 8.59. The van der Waals surface area contributed by atoms with Crippen LogP contribution in [-0.4, -0.2) is 6.04 Å². The van der Waals surface area contributed by atoms with Gasteiger partial charge in [0.15, 0.2) is 0 Å². The van der Waals surface area contributed by atoms with Crippen LogP contribution in [0, 0.1) is 5.82 Å². The minimum atomic E-state index is -0.365. The van der Waals surface area contributed by atoms with Gasteiger partial charge in [0, 0.05) is 16.8 Å². The van der Waals surface area contributed by atoms with Gasteiger partial charge in [-0.25, -0.2) is 4.39 Å². The topological polar surface area (TPSA) is 26.0 Å². The van der Waals surface area contributed by atoms with E-state index in [0.29, 0.717) is 12.3 Å². The standard InChI is InChI=1S/C16H17ClFNS/c17-16-10(3-1-5-13(16)18)9-14(19)11-4-2-6-15-12(11)7-8-20-15/h1,3,5,7-8,11,14H,2,4,6,9,19H2. The Morgan fingerprint density at radius 1 is 1.40 bits per heavy atom. The summed E-state index contributed by atoms with van der Waals surface area (Å²) in [6.45, 7) is 0. The van der Waals surface area contributed by atoms with Crippen LogP contribution >= 0.6 is 22.9 Å². The van der Waals surface area contributed by atoms with Gasteiger partial charge in [-0.3, -0.25) is 0 Å².